The van der Waals surface area contributed by atoms with Crippen molar-refractivity contribution >= 4 is 16.9 Å². The quantitative estimate of drug-likeness (QED) is 0.787. The molecular weight excluding hydrogens is 216 g/mol. The smallest absolute Gasteiger partial charge is 0.307 e. The molecule has 4 heteroatoms. The molecule has 1 aromatic carbocycles. The third-order valence-electron chi connectivity index (χ3n) is 2.77. The number of aromatic nitrogens is 1. The molecule has 90 valence electrons. The van der Waals surface area contributed by atoms with Crippen molar-refractivity contribution in [3.63, 3.8) is 0 Å². The molecule has 0 fully saturated rings. The van der Waals surface area contributed by atoms with Crippen LogP contribution >= 0.6 is 0 Å². The van der Waals surface area contributed by atoms with Gasteiger partial charge in [0.25, 0.3) is 0 Å². The van der Waals surface area contributed by atoms with Crippen LogP contribution < -0.4 is 5.73 Å². The van der Waals surface area contributed by atoms with Crippen molar-refractivity contribution in [2.45, 2.75) is 18.9 Å². The third kappa shape index (κ3) is 2.85. The van der Waals surface area contributed by atoms with Gasteiger partial charge in [-0.25, -0.2) is 0 Å². The standard InChI is InChI=1S/C13H16N2O2/c1-17-13(16)8-11(14)7-9-2-3-12-10(6-9)4-5-15-12/h2-6,11,15H,7-8,14H2,1H3. The molecule has 0 aliphatic carbocycles. The van der Waals surface area contributed by atoms with Crippen LogP contribution in [0.15, 0.2) is 30.5 Å². The number of ether oxygens (including phenoxy) is 1. The summed E-state index contributed by atoms with van der Waals surface area (Å²) in [7, 11) is 1.38. The lowest BCUT2D eigenvalue weighted by Gasteiger charge is -2.10. The van der Waals surface area contributed by atoms with Gasteiger partial charge in [-0.3, -0.25) is 4.79 Å². The van der Waals surface area contributed by atoms with E-state index in [4.69, 9.17) is 5.73 Å². The molecular formula is C13H16N2O2. The van der Waals surface area contributed by atoms with Gasteiger partial charge in [0.15, 0.2) is 0 Å². The van der Waals surface area contributed by atoms with Crippen molar-refractivity contribution in [1.29, 1.82) is 0 Å². The summed E-state index contributed by atoms with van der Waals surface area (Å²) in [5, 5.41) is 1.16. The molecule has 0 aliphatic heterocycles. The minimum absolute atomic E-state index is 0.196. The number of benzene rings is 1. The zero-order chi connectivity index (χ0) is 12.3. The van der Waals surface area contributed by atoms with Crippen molar-refractivity contribution < 1.29 is 9.53 Å². The van der Waals surface area contributed by atoms with Crippen LogP contribution in [-0.4, -0.2) is 24.1 Å². The number of nitrogens with one attached hydrogen (secondary N) is 1. The Morgan fingerprint density at radius 3 is 3.06 bits per heavy atom. The van der Waals surface area contributed by atoms with Crippen LogP contribution in [0.2, 0.25) is 0 Å². The van der Waals surface area contributed by atoms with Crippen molar-refractivity contribution in [2.24, 2.45) is 5.73 Å². The molecule has 0 amide bonds. The molecule has 2 rings (SSSR count). The first-order valence-corrected chi connectivity index (χ1v) is 5.57. The summed E-state index contributed by atoms with van der Waals surface area (Å²) in [5.41, 5.74) is 8.13. The van der Waals surface area contributed by atoms with Gasteiger partial charge in [0.05, 0.1) is 13.5 Å². The molecule has 0 saturated carbocycles. The highest BCUT2D eigenvalue weighted by molar-refractivity contribution is 5.80. The summed E-state index contributed by atoms with van der Waals surface area (Å²) >= 11 is 0. The van der Waals surface area contributed by atoms with Gasteiger partial charge in [-0.1, -0.05) is 6.07 Å². The minimum Gasteiger partial charge on any atom is -0.469 e. The monoisotopic (exact) mass is 232 g/mol. The Kier molecular flexibility index (Phi) is 3.44. The average Bonchev–Trinajstić information content (AvgIpc) is 2.75. The Labute approximate surface area is 99.8 Å². The van der Waals surface area contributed by atoms with E-state index in [-0.39, 0.29) is 18.4 Å². The van der Waals surface area contributed by atoms with E-state index in [1.165, 1.54) is 7.11 Å². The summed E-state index contributed by atoms with van der Waals surface area (Å²) in [5.74, 6) is -0.264. The topological polar surface area (TPSA) is 68.1 Å². The summed E-state index contributed by atoms with van der Waals surface area (Å²) in [6, 6.07) is 7.96. The van der Waals surface area contributed by atoms with Crippen LogP contribution in [0.1, 0.15) is 12.0 Å². The maximum Gasteiger partial charge on any atom is 0.307 e. The number of hydrogen-bond donors (Lipinski definition) is 2. The van der Waals surface area contributed by atoms with Crippen LogP contribution in [0, 0.1) is 0 Å². The molecule has 1 atom stereocenters. The average molecular weight is 232 g/mol. The highest BCUT2D eigenvalue weighted by atomic mass is 16.5. The second-order valence-corrected chi connectivity index (χ2v) is 4.14. The van der Waals surface area contributed by atoms with E-state index >= 15 is 0 Å². The lowest BCUT2D eigenvalue weighted by atomic mass is 10.0. The SMILES string of the molecule is COC(=O)CC(N)Cc1ccc2[nH]ccc2c1. The summed E-state index contributed by atoms with van der Waals surface area (Å²) in [4.78, 5) is 14.2. The first-order chi connectivity index (χ1) is 8.19. The van der Waals surface area contributed by atoms with Gasteiger partial charge < -0.3 is 15.5 Å². The Hall–Kier alpha value is -1.81. The third-order valence-corrected chi connectivity index (χ3v) is 2.77. The second kappa shape index (κ2) is 5.01. The zero-order valence-electron chi connectivity index (χ0n) is 9.77. The number of fused-ring (bicyclic) bond motifs is 1. The molecule has 3 N–H and O–H groups in total. The van der Waals surface area contributed by atoms with Crippen molar-refractivity contribution in [1.82, 2.24) is 4.98 Å². The van der Waals surface area contributed by atoms with E-state index in [2.05, 4.69) is 15.8 Å². The molecule has 0 bridgehead atoms. The predicted octanol–water partition coefficient (Wildman–Crippen LogP) is 1.60. The zero-order valence-corrected chi connectivity index (χ0v) is 9.77. The van der Waals surface area contributed by atoms with Gasteiger partial charge >= 0.3 is 5.97 Å². The van der Waals surface area contributed by atoms with Crippen molar-refractivity contribution in [3.05, 3.63) is 36.0 Å². The second-order valence-electron chi connectivity index (χ2n) is 4.14. The van der Waals surface area contributed by atoms with Crippen molar-refractivity contribution in [3.8, 4) is 0 Å². The predicted molar refractivity (Wildman–Crippen MR) is 66.6 cm³/mol. The van der Waals surface area contributed by atoms with E-state index in [0.717, 1.165) is 16.5 Å². The normalized spacial score (nSPS) is 12.6. The van der Waals surface area contributed by atoms with E-state index in [1.807, 2.05) is 24.4 Å². The number of methoxy groups -OCH3 is 1. The molecule has 0 spiro atoms. The van der Waals surface area contributed by atoms with E-state index in [0.29, 0.717) is 6.42 Å². The highest BCUT2D eigenvalue weighted by Crippen LogP contribution is 2.15. The van der Waals surface area contributed by atoms with Crippen LogP contribution in [0.25, 0.3) is 10.9 Å². The fraction of sp³-hybridized carbons (Fsp3) is 0.308. The lowest BCUT2D eigenvalue weighted by molar-refractivity contribution is -0.140. The number of rotatable bonds is 4. The number of aromatic amines is 1. The molecule has 0 saturated heterocycles. The van der Waals surface area contributed by atoms with Gasteiger partial charge in [-0.2, -0.15) is 0 Å². The number of carbonyl (C=O) groups is 1. The first-order valence-electron chi connectivity index (χ1n) is 5.57. The van der Waals surface area contributed by atoms with Gasteiger partial charge in [-0.15, -0.1) is 0 Å². The van der Waals surface area contributed by atoms with Crippen LogP contribution in [0.5, 0.6) is 0 Å². The lowest BCUT2D eigenvalue weighted by Crippen LogP contribution is -2.26. The summed E-state index contributed by atoms with van der Waals surface area (Å²) < 4.78 is 4.59. The first kappa shape index (κ1) is 11.7. The van der Waals surface area contributed by atoms with Gasteiger partial charge in [0.2, 0.25) is 0 Å². The number of hydrogen-bond acceptors (Lipinski definition) is 3. The molecule has 1 heterocycles. The summed E-state index contributed by atoms with van der Waals surface area (Å²) in [6.07, 6.45) is 2.83. The van der Waals surface area contributed by atoms with Gasteiger partial charge in [0.1, 0.15) is 0 Å². The van der Waals surface area contributed by atoms with E-state index < -0.39 is 0 Å². The van der Waals surface area contributed by atoms with Crippen LogP contribution in [-0.2, 0) is 16.0 Å². The Morgan fingerprint density at radius 2 is 2.29 bits per heavy atom. The molecule has 1 aromatic heterocycles. The van der Waals surface area contributed by atoms with E-state index in [1.54, 1.807) is 0 Å². The molecule has 0 radical (unpaired) electrons. The Morgan fingerprint density at radius 1 is 1.47 bits per heavy atom. The Bertz CT molecular complexity index is 519. The molecule has 2 aromatic rings. The molecule has 17 heavy (non-hydrogen) atoms. The van der Waals surface area contributed by atoms with Crippen molar-refractivity contribution in [2.75, 3.05) is 7.11 Å². The maximum absolute atomic E-state index is 11.1. The number of nitrogens with two attached hydrogens (primary N) is 1. The molecule has 0 aliphatic rings. The van der Waals surface area contributed by atoms with E-state index in [9.17, 15) is 4.79 Å². The summed E-state index contributed by atoms with van der Waals surface area (Å²) in [6.45, 7) is 0. The molecule has 4 nitrogen and oxygen atoms in total. The fourth-order valence-electron chi connectivity index (χ4n) is 1.90. The van der Waals surface area contributed by atoms with Crippen LogP contribution in [0.3, 0.4) is 0 Å². The number of esters is 1. The fourth-order valence-corrected chi connectivity index (χ4v) is 1.90. The largest absolute Gasteiger partial charge is 0.469 e. The van der Waals surface area contributed by atoms with Gasteiger partial charge in [-0.05, 0) is 35.6 Å². The van der Waals surface area contributed by atoms with Crippen LogP contribution in [0.4, 0.5) is 0 Å². The number of carbonyl (C=O) groups excluding carboxylic acids is 1. The Balaban J connectivity index is 2.04. The molecule has 1 unspecified atom stereocenters. The number of H-pyrrole nitrogens is 1. The maximum atomic E-state index is 11.1. The minimum atomic E-state index is -0.264. The van der Waals surface area contributed by atoms with Gasteiger partial charge in [0, 0.05) is 17.8 Å². The highest BCUT2D eigenvalue weighted by Gasteiger charge is 2.10.